The lowest BCUT2D eigenvalue weighted by Crippen LogP contribution is -2.12. The van der Waals surface area contributed by atoms with Gasteiger partial charge >= 0.3 is 0 Å². The van der Waals surface area contributed by atoms with E-state index in [1.165, 1.54) is 64.9 Å². The molecule has 0 saturated heterocycles. The van der Waals surface area contributed by atoms with Crippen LogP contribution < -0.4 is 4.90 Å². The van der Waals surface area contributed by atoms with Crippen LogP contribution in [0.25, 0.3) is 104 Å². The van der Waals surface area contributed by atoms with Gasteiger partial charge < -0.3 is 13.9 Å². The highest BCUT2D eigenvalue weighted by Crippen LogP contribution is 2.48. The van der Waals surface area contributed by atoms with Crippen LogP contribution in [0.1, 0.15) is 0 Å². The third-order valence-electron chi connectivity index (χ3n) is 12.7. The van der Waals surface area contributed by atoms with E-state index in [4.69, 9.17) is 4.42 Å². The molecule has 3 nitrogen and oxygen atoms in total. The summed E-state index contributed by atoms with van der Waals surface area (Å²) in [6.07, 6.45) is 0. The standard InChI is InChI=1S/C58H36N2O/c1-2-13-37(14-3-1)49-35-43(60-51-21-10-8-19-46(51)47-33-30-39-16-5-7-18-45(39)58(47)60)32-34-52(49)59(53-22-12-24-55-57(53)48-20-9-11-23-54(48)61-55)42-31-29-40-26-28-41-27-25-38-15-4-6-17-44(38)56(41)50(40)36-42/h1-36H. The SMILES string of the molecule is c1ccc(-c2cc(-n3c4ccccc4c4ccc5ccccc5c43)ccc2N(c2ccc3ccc4ccc5ccccc5c4c3c2)c2cccc3oc4ccccc4c23)cc1. The van der Waals surface area contributed by atoms with Crippen LogP contribution in [0.3, 0.4) is 0 Å². The molecule has 0 fully saturated rings. The highest BCUT2D eigenvalue weighted by molar-refractivity contribution is 6.22. The van der Waals surface area contributed by atoms with E-state index in [2.05, 4.69) is 222 Å². The summed E-state index contributed by atoms with van der Waals surface area (Å²) >= 11 is 0. The third-order valence-corrected chi connectivity index (χ3v) is 12.7. The van der Waals surface area contributed by atoms with Crippen molar-refractivity contribution in [1.29, 1.82) is 0 Å². The Balaban J connectivity index is 1.14. The fourth-order valence-corrected chi connectivity index (χ4v) is 10.0. The second-order valence-electron chi connectivity index (χ2n) is 16.0. The largest absolute Gasteiger partial charge is 0.456 e. The van der Waals surface area contributed by atoms with E-state index in [1.807, 2.05) is 6.07 Å². The highest BCUT2D eigenvalue weighted by Gasteiger charge is 2.24. The Kier molecular flexibility index (Phi) is 7.31. The molecule has 13 aromatic rings. The topological polar surface area (TPSA) is 21.3 Å². The average molecular weight is 777 g/mol. The number of nitrogens with zero attached hydrogens (tertiary/aromatic N) is 2. The summed E-state index contributed by atoms with van der Waals surface area (Å²) in [4.78, 5) is 2.46. The minimum Gasteiger partial charge on any atom is -0.456 e. The molecule has 2 heterocycles. The van der Waals surface area contributed by atoms with Gasteiger partial charge in [-0.2, -0.15) is 0 Å². The minimum atomic E-state index is 0.857. The van der Waals surface area contributed by atoms with Crippen LogP contribution in [0.2, 0.25) is 0 Å². The molecule has 3 heteroatoms. The van der Waals surface area contributed by atoms with Crippen LogP contribution in [-0.4, -0.2) is 4.57 Å². The van der Waals surface area contributed by atoms with Crippen LogP contribution in [-0.2, 0) is 0 Å². The summed E-state index contributed by atoms with van der Waals surface area (Å²) in [5.74, 6) is 0. The Morgan fingerprint density at radius 3 is 1.85 bits per heavy atom. The fourth-order valence-electron chi connectivity index (χ4n) is 10.0. The Morgan fingerprint density at radius 2 is 1.00 bits per heavy atom. The second kappa shape index (κ2) is 13.2. The fraction of sp³-hybridized carbons (Fsp3) is 0. The molecule has 0 radical (unpaired) electrons. The zero-order valence-corrected chi connectivity index (χ0v) is 33.1. The van der Waals surface area contributed by atoms with Crippen molar-refractivity contribution >= 4 is 104 Å². The van der Waals surface area contributed by atoms with Crippen molar-refractivity contribution < 1.29 is 4.42 Å². The third kappa shape index (κ3) is 5.11. The molecule has 0 N–H and O–H groups in total. The molecule has 13 rings (SSSR count). The van der Waals surface area contributed by atoms with E-state index in [0.29, 0.717) is 0 Å². The summed E-state index contributed by atoms with van der Waals surface area (Å²) in [5, 5.41) is 14.5. The average Bonchev–Trinajstić information content (AvgIpc) is 3.88. The summed E-state index contributed by atoms with van der Waals surface area (Å²) < 4.78 is 9.02. The van der Waals surface area contributed by atoms with Crippen LogP contribution in [0.5, 0.6) is 0 Å². The number of aromatic nitrogens is 1. The molecule has 0 bridgehead atoms. The molecule has 11 aromatic carbocycles. The molecule has 61 heavy (non-hydrogen) atoms. The zero-order chi connectivity index (χ0) is 40.0. The van der Waals surface area contributed by atoms with Crippen molar-refractivity contribution in [3.05, 3.63) is 218 Å². The second-order valence-corrected chi connectivity index (χ2v) is 16.0. The smallest absolute Gasteiger partial charge is 0.137 e. The maximum absolute atomic E-state index is 6.56. The van der Waals surface area contributed by atoms with Gasteiger partial charge in [-0.15, -0.1) is 0 Å². The summed E-state index contributed by atoms with van der Waals surface area (Å²) in [6.45, 7) is 0. The molecule has 0 aliphatic heterocycles. The first-order valence-corrected chi connectivity index (χ1v) is 20.9. The number of anilines is 3. The van der Waals surface area contributed by atoms with Crippen molar-refractivity contribution in [2.45, 2.75) is 0 Å². The predicted octanol–water partition coefficient (Wildman–Crippen LogP) is 16.4. The van der Waals surface area contributed by atoms with Crippen molar-refractivity contribution in [3.63, 3.8) is 0 Å². The molecule has 0 unspecified atom stereocenters. The number of furan rings is 1. The molecule has 0 atom stereocenters. The lowest BCUT2D eigenvalue weighted by atomic mass is 9.95. The van der Waals surface area contributed by atoms with E-state index >= 15 is 0 Å². The molecule has 0 aliphatic rings. The van der Waals surface area contributed by atoms with Gasteiger partial charge in [-0.3, -0.25) is 0 Å². The quantitative estimate of drug-likeness (QED) is 0.162. The van der Waals surface area contributed by atoms with Crippen molar-refractivity contribution in [3.8, 4) is 16.8 Å². The maximum Gasteiger partial charge on any atom is 0.137 e. The lowest BCUT2D eigenvalue weighted by molar-refractivity contribution is 0.669. The van der Waals surface area contributed by atoms with Gasteiger partial charge in [-0.05, 0) is 97.9 Å². The Hall–Kier alpha value is -8.14. The van der Waals surface area contributed by atoms with Gasteiger partial charge in [0.15, 0.2) is 0 Å². The first kappa shape index (κ1) is 33.8. The van der Waals surface area contributed by atoms with E-state index in [-0.39, 0.29) is 0 Å². The number of hydrogen-bond donors (Lipinski definition) is 0. The summed E-state index contributed by atoms with van der Waals surface area (Å²) in [6, 6.07) is 79.5. The van der Waals surface area contributed by atoms with E-state index < -0.39 is 0 Å². The van der Waals surface area contributed by atoms with Crippen molar-refractivity contribution in [1.82, 2.24) is 4.57 Å². The summed E-state index contributed by atoms with van der Waals surface area (Å²) in [7, 11) is 0. The number of hydrogen-bond acceptors (Lipinski definition) is 2. The van der Waals surface area contributed by atoms with E-state index in [1.54, 1.807) is 0 Å². The first-order valence-electron chi connectivity index (χ1n) is 20.9. The monoisotopic (exact) mass is 776 g/mol. The number of fused-ring (bicyclic) bond motifs is 13. The van der Waals surface area contributed by atoms with Gasteiger partial charge in [0.25, 0.3) is 0 Å². The zero-order valence-electron chi connectivity index (χ0n) is 33.1. The van der Waals surface area contributed by atoms with Gasteiger partial charge in [0.05, 0.1) is 27.8 Å². The molecule has 0 amide bonds. The van der Waals surface area contributed by atoms with Crippen LogP contribution >= 0.6 is 0 Å². The van der Waals surface area contributed by atoms with Crippen LogP contribution in [0, 0.1) is 0 Å². The number of benzene rings is 11. The van der Waals surface area contributed by atoms with E-state index in [9.17, 15) is 0 Å². The molecule has 0 saturated carbocycles. The van der Waals surface area contributed by atoms with Crippen LogP contribution in [0.4, 0.5) is 17.1 Å². The number of para-hydroxylation sites is 2. The lowest BCUT2D eigenvalue weighted by Gasteiger charge is -2.29. The van der Waals surface area contributed by atoms with Gasteiger partial charge in [0, 0.05) is 38.5 Å². The summed E-state index contributed by atoms with van der Waals surface area (Å²) in [5.41, 5.74) is 10.7. The highest BCUT2D eigenvalue weighted by atomic mass is 16.3. The normalized spacial score (nSPS) is 11.9. The maximum atomic E-state index is 6.56. The van der Waals surface area contributed by atoms with Gasteiger partial charge in [0.2, 0.25) is 0 Å². The van der Waals surface area contributed by atoms with Crippen LogP contribution in [0.15, 0.2) is 223 Å². The molecular weight excluding hydrogens is 741 g/mol. The van der Waals surface area contributed by atoms with Gasteiger partial charge in [-0.25, -0.2) is 0 Å². The molecule has 2 aromatic heterocycles. The Bertz CT molecular complexity index is 3890. The molecule has 284 valence electrons. The molecule has 0 spiro atoms. The molecular formula is C58H36N2O. The minimum absolute atomic E-state index is 0.857. The Labute approximate surface area is 351 Å². The van der Waals surface area contributed by atoms with Crippen molar-refractivity contribution in [2.24, 2.45) is 0 Å². The van der Waals surface area contributed by atoms with E-state index in [0.717, 1.165) is 55.8 Å². The predicted molar refractivity (Wildman–Crippen MR) is 258 cm³/mol. The van der Waals surface area contributed by atoms with Gasteiger partial charge in [-0.1, -0.05) is 164 Å². The Morgan fingerprint density at radius 1 is 0.361 bits per heavy atom. The van der Waals surface area contributed by atoms with Gasteiger partial charge in [0.1, 0.15) is 11.2 Å². The molecule has 0 aliphatic carbocycles. The first-order chi connectivity index (χ1) is 30.3. The van der Waals surface area contributed by atoms with Crippen molar-refractivity contribution in [2.75, 3.05) is 4.90 Å². The number of rotatable bonds is 5.